The predicted octanol–water partition coefficient (Wildman–Crippen LogP) is 1.93. The van der Waals surface area contributed by atoms with E-state index in [2.05, 4.69) is 16.0 Å². The normalized spacial score (nSPS) is 14.1. The number of nitrogens with zero attached hydrogens (tertiary/aromatic N) is 1. The summed E-state index contributed by atoms with van der Waals surface area (Å²) < 4.78 is 38.7. The van der Waals surface area contributed by atoms with Gasteiger partial charge in [0.25, 0.3) is 0 Å². The Morgan fingerprint density at radius 2 is 1.77 bits per heavy atom. The lowest BCUT2D eigenvalue weighted by Crippen LogP contribution is -2.47. The fraction of sp³-hybridized carbons (Fsp3) is 0.474. The van der Waals surface area contributed by atoms with Gasteiger partial charge in [0.1, 0.15) is 0 Å². The van der Waals surface area contributed by atoms with Gasteiger partial charge in [-0.15, -0.1) is 0 Å². The number of rotatable bonds is 6. The molecule has 0 aliphatic heterocycles. The van der Waals surface area contributed by atoms with Crippen molar-refractivity contribution in [2.75, 3.05) is 25.5 Å². The highest BCUT2D eigenvalue weighted by Crippen LogP contribution is 2.36. The molecule has 0 unspecified atom stereocenters. The SMILES string of the molecule is CN(CC(=O)Nc1ccc(Cl)c(C(F)(F)F)c1)C(=O)CNC(=O)C(=O)NC1CCCC1. The zero-order valence-electron chi connectivity index (χ0n) is 16.6. The van der Waals surface area contributed by atoms with Crippen LogP contribution in [0.25, 0.3) is 0 Å². The highest BCUT2D eigenvalue weighted by atomic mass is 35.5. The van der Waals surface area contributed by atoms with Crippen LogP contribution in [-0.4, -0.2) is 54.7 Å². The number of anilines is 1. The lowest BCUT2D eigenvalue weighted by Gasteiger charge is -2.18. The molecule has 12 heteroatoms. The van der Waals surface area contributed by atoms with Crippen molar-refractivity contribution in [1.29, 1.82) is 0 Å². The van der Waals surface area contributed by atoms with Crippen LogP contribution in [0.1, 0.15) is 31.2 Å². The Bertz CT molecular complexity index is 857. The van der Waals surface area contributed by atoms with Gasteiger partial charge in [-0.2, -0.15) is 13.2 Å². The number of carbonyl (C=O) groups is 4. The standard InChI is InChI=1S/C19H22ClF3N4O4/c1-27(16(29)9-24-17(30)18(31)26-11-4-2-3-5-11)10-15(28)25-12-6-7-14(20)13(8-12)19(21,22)23/h6-8,11H,2-5,9-10H2,1H3,(H,24,30)(H,25,28)(H,26,31). The first kappa shape index (κ1) is 24.4. The van der Waals surface area contributed by atoms with Gasteiger partial charge in [0, 0.05) is 18.8 Å². The first-order valence-electron chi connectivity index (χ1n) is 9.46. The Kier molecular flexibility index (Phi) is 8.26. The first-order chi connectivity index (χ1) is 14.5. The van der Waals surface area contributed by atoms with Gasteiger partial charge in [0.05, 0.1) is 23.7 Å². The minimum absolute atomic E-state index is 0.0500. The second-order valence-corrected chi connectivity index (χ2v) is 7.54. The van der Waals surface area contributed by atoms with Crippen molar-refractivity contribution in [2.24, 2.45) is 0 Å². The Morgan fingerprint density at radius 3 is 2.39 bits per heavy atom. The van der Waals surface area contributed by atoms with Crippen molar-refractivity contribution in [3.63, 3.8) is 0 Å². The van der Waals surface area contributed by atoms with E-state index in [9.17, 15) is 32.3 Å². The molecule has 0 aromatic heterocycles. The Hall–Kier alpha value is -2.82. The summed E-state index contributed by atoms with van der Waals surface area (Å²) in [4.78, 5) is 48.6. The van der Waals surface area contributed by atoms with E-state index in [-0.39, 0.29) is 11.7 Å². The highest BCUT2D eigenvalue weighted by molar-refractivity contribution is 6.35. The molecule has 2 rings (SSSR count). The number of nitrogens with one attached hydrogen (secondary N) is 3. The van der Waals surface area contributed by atoms with E-state index in [4.69, 9.17) is 11.6 Å². The van der Waals surface area contributed by atoms with Gasteiger partial charge in [0.15, 0.2) is 0 Å². The van der Waals surface area contributed by atoms with Gasteiger partial charge in [-0.05, 0) is 31.0 Å². The molecule has 1 fully saturated rings. The molecule has 170 valence electrons. The van der Waals surface area contributed by atoms with Crippen LogP contribution in [0.2, 0.25) is 5.02 Å². The van der Waals surface area contributed by atoms with E-state index in [1.165, 1.54) is 13.1 Å². The van der Waals surface area contributed by atoms with E-state index in [1.54, 1.807) is 0 Å². The lowest BCUT2D eigenvalue weighted by atomic mass is 10.2. The number of hydrogen-bond acceptors (Lipinski definition) is 4. The molecule has 0 saturated heterocycles. The zero-order chi connectivity index (χ0) is 23.2. The number of halogens is 4. The third-order valence-electron chi connectivity index (χ3n) is 4.66. The summed E-state index contributed by atoms with van der Waals surface area (Å²) in [5.74, 6) is -3.21. The van der Waals surface area contributed by atoms with E-state index in [0.717, 1.165) is 36.6 Å². The van der Waals surface area contributed by atoms with Crippen LogP contribution in [0, 0.1) is 0 Å². The van der Waals surface area contributed by atoms with Crippen molar-refractivity contribution in [2.45, 2.75) is 37.9 Å². The van der Waals surface area contributed by atoms with Gasteiger partial charge >= 0.3 is 18.0 Å². The average Bonchev–Trinajstić information content (AvgIpc) is 3.19. The van der Waals surface area contributed by atoms with Crippen LogP contribution in [0.5, 0.6) is 0 Å². The Balaban J connectivity index is 1.80. The molecule has 8 nitrogen and oxygen atoms in total. The Labute approximate surface area is 181 Å². The second-order valence-electron chi connectivity index (χ2n) is 7.13. The average molecular weight is 463 g/mol. The molecule has 1 aliphatic carbocycles. The minimum Gasteiger partial charge on any atom is -0.345 e. The van der Waals surface area contributed by atoms with Gasteiger partial charge in [0.2, 0.25) is 11.8 Å². The van der Waals surface area contributed by atoms with Crippen LogP contribution < -0.4 is 16.0 Å². The van der Waals surface area contributed by atoms with Crippen LogP contribution in [0.3, 0.4) is 0 Å². The Morgan fingerprint density at radius 1 is 1.13 bits per heavy atom. The number of hydrogen-bond donors (Lipinski definition) is 3. The van der Waals surface area contributed by atoms with E-state index in [0.29, 0.717) is 6.07 Å². The number of benzene rings is 1. The first-order valence-corrected chi connectivity index (χ1v) is 9.84. The summed E-state index contributed by atoms with van der Waals surface area (Å²) in [5.41, 5.74) is -1.24. The molecule has 0 bridgehead atoms. The van der Waals surface area contributed by atoms with E-state index >= 15 is 0 Å². The van der Waals surface area contributed by atoms with Gasteiger partial charge in [-0.1, -0.05) is 24.4 Å². The van der Waals surface area contributed by atoms with Gasteiger partial charge in [-0.25, -0.2) is 0 Å². The maximum absolute atomic E-state index is 12.9. The van der Waals surface area contributed by atoms with Crippen LogP contribution in [0.15, 0.2) is 18.2 Å². The van der Waals surface area contributed by atoms with Crippen LogP contribution in [-0.2, 0) is 25.4 Å². The number of alkyl halides is 3. The summed E-state index contributed by atoms with van der Waals surface area (Å²) in [7, 11) is 1.27. The smallest absolute Gasteiger partial charge is 0.345 e. The third-order valence-corrected chi connectivity index (χ3v) is 4.99. The number of likely N-dealkylation sites (N-methyl/N-ethyl adjacent to an activating group) is 1. The van der Waals surface area contributed by atoms with E-state index < -0.39 is 53.5 Å². The monoisotopic (exact) mass is 462 g/mol. The topological polar surface area (TPSA) is 108 Å². The van der Waals surface area contributed by atoms with Crippen molar-refractivity contribution < 1.29 is 32.3 Å². The summed E-state index contributed by atoms with van der Waals surface area (Å²) in [6.45, 7) is -0.993. The maximum Gasteiger partial charge on any atom is 0.417 e. The molecule has 1 saturated carbocycles. The second kappa shape index (κ2) is 10.5. The molecule has 0 spiro atoms. The summed E-state index contributed by atoms with van der Waals surface area (Å²) in [6, 6.07) is 2.83. The number of amides is 4. The largest absolute Gasteiger partial charge is 0.417 e. The third kappa shape index (κ3) is 7.42. The molecule has 31 heavy (non-hydrogen) atoms. The van der Waals surface area contributed by atoms with Crippen molar-refractivity contribution >= 4 is 40.9 Å². The molecule has 1 aromatic carbocycles. The molecular formula is C19H22ClF3N4O4. The molecule has 0 radical (unpaired) electrons. The highest BCUT2D eigenvalue weighted by Gasteiger charge is 2.33. The van der Waals surface area contributed by atoms with Crippen LogP contribution in [0.4, 0.5) is 18.9 Å². The van der Waals surface area contributed by atoms with Crippen LogP contribution >= 0.6 is 11.6 Å². The summed E-state index contributed by atoms with van der Waals surface area (Å²) in [5, 5.41) is 6.50. The molecule has 4 amide bonds. The van der Waals surface area contributed by atoms with Gasteiger partial charge in [-0.3, -0.25) is 19.2 Å². The number of carbonyl (C=O) groups excluding carboxylic acids is 4. The molecular weight excluding hydrogens is 441 g/mol. The molecule has 1 aromatic rings. The molecule has 1 aliphatic rings. The fourth-order valence-corrected chi connectivity index (χ4v) is 3.24. The van der Waals surface area contributed by atoms with Crippen molar-refractivity contribution in [3.05, 3.63) is 28.8 Å². The quantitative estimate of drug-likeness (QED) is 0.561. The summed E-state index contributed by atoms with van der Waals surface area (Å²) in [6.07, 6.45) is -1.13. The van der Waals surface area contributed by atoms with Gasteiger partial charge < -0.3 is 20.9 Å². The molecule has 3 N–H and O–H groups in total. The van der Waals surface area contributed by atoms with Crippen molar-refractivity contribution in [1.82, 2.24) is 15.5 Å². The zero-order valence-corrected chi connectivity index (χ0v) is 17.4. The minimum atomic E-state index is -4.69. The van der Waals surface area contributed by atoms with Crippen molar-refractivity contribution in [3.8, 4) is 0 Å². The molecule has 0 atom stereocenters. The van der Waals surface area contributed by atoms with E-state index in [1.807, 2.05) is 0 Å². The molecule has 0 heterocycles. The lowest BCUT2D eigenvalue weighted by molar-refractivity contribution is -0.141. The fourth-order valence-electron chi connectivity index (χ4n) is 3.02. The predicted molar refractivity (Wildman–Crippen MR) is 106 cm³/mol. The summed E-state index contributed by atoms with van der Waals surface area (Å²) >= 11 is 5.52. The maximum atomic E-state index is 12.9.